The number of nitrogens with zero attached hydrogens (tertiary/aromatic N) is 3. The third kappa shape index (κ3) is 1.19. The Morgan fingerprint density at radius 1 is 1.44 bits per heavy atom. The molecule has 0 spiro atoms. The van der Waals surface area contributed by atoms with Crippen LogP contribution in [0.1, 0.15) is 5.82 Å². The summed E-state index contributed by atoms with van der Waals surface area (Å²) < 4.78 is 4.79. The molecule has 0 aliphatic rings. The summed E-state index contributed by atoms with van der Waals surface area (Å²) in [6.45, 7) is 1.79. The van der Waals surface area contributed by atoms with Crippen LogP contribution in [-0.4, -0.2) is 24.2 Å². The fourth-order valence-electron chi connectivity index (χ4n) is 0.468. The SMILES string of the molecule is Cc1noc(N(C)C)n1. The molecule has 0 aromatic carbocycles. The molecule has 4 heteroatoms. The first-order valence-corrected chi connectivity index (χ1v) is 2.68. The zero-order valence-corrected chi connectivity index (χ0v) is 5.75. The van der Waals surface area contributed by atoms with Crippen LogP contribution in [0.2, 0.25) is 0 Å². The van der Waals surface area contributed by atoms with E-state index in [1.807, 2.05) is 14.1 Å². The predicted molar refractivity (Wildman–Crippen MR) is 33.4 cm³/mol. The lowest BCUT2D eigenvalue weighted by molar-refractivity contribution is 0.417. The van der Waals surface area contributed by atoms with Crippen LogP contribution in [0.15, 0.2) is 4.52 Å². The van der Waals surface area contributed by atoms with E-state index >= 15 is 0 Å². The van der Waals surface area contributed by atoms with Gasteiger partial charge in [0.15, 0.2) is 5.82 Å². The first-order chi connectivity index (χ1) is 4.20. The van der Waals surface area contributed by atoms with Gasteiger partial charge in [-0.15, -0.1) is 0 Å². The number of aromatic nitrogens is 2. The molecule has 0 radical (unpaired) electrons. The summed E-state index contributed by atoms with van der Waals surface area (Å²) in [6, 6.07) is 0.549. The molecule has 1 heterocycles. The van der Waals surface area contributed by atoms with Gasteiger partial charge in [0.1, 0.15) is 0 Å². The molecule has 0 unspecified atom stereocenters. The summed E-state index contributed by atoms with van der Waals surface area (Å²) in [5, 5.41) is 3.61. The maximum absolute atomic E-state index is 4.79. The first-order valence-electron chi connectivity index (χ1n) is 2.68. The molecule has 1 rings (SSSR count). The second-order valence-corrected chi connectivity index (χ2v) is 2.02. The van der Waals surface area contributed by atoms with Crippen molar-refractivity contribution in [3.05, 3.63) is 5.82 Å². The van der Waals surface area contributed by atoms with Crippen LogP contribution in [0.25, 0.3) is 0 Å². The molecule has 0 amide bonds. The van der Waals surface area contributed by atoms with Gasteiger partial charge in [-0.25, -0.2) is 0 Å². The second kappa shape index (κ2) is 2.05. The van der Waals surface area contributed by atoms with Crippen LogP contribution >= 0.6 is 0 Å². The molecule has 1 aromatic heterocycles. The van der Waals surface area contributed by atoms with Crippen LogP contribution in [0, 0.1) is 6.92 Å². The van der Waals surface area contributed by atoms with Crippen molar-refractivity contribution in [3.8, 4) is 0 Å². The summed E-state index contributed by atoms with van der Waals surface area (Å²) in [5.41, 5.74) is 0. The monoisotopic (exact) mass is 127 g/mol. The Bertz CT molecular complexity index is 194. The number of rotatable bonds is 1. The number of aryl methyl sites for hydroxylation is 1. The first kappa shape index (κ1) is 6.07. The van der Waals surface area contributed by atoms with E-state index in [2.05, 4.69) is 10.1 Å². The Balaban J connectivity index is 2.85. The van der Waals surface area contributed by atoms with Gasteiger partial charge in [0.25, 0.3) is 0 Å². The van der Waals surface area contributed by atoms with E-state index < -0.39 is 0 Å². The minimum Gasteiger partial charge on any atom is -0.331 e. The minimum atomic E-state index is 0.549. The average molecular weight is 127 g/mol. The number of hydrogen-bond acceptors (Lipinski definition) is 4. The van der Waals surface area contributed by atoms with Crippen LogP contribution in [-0.2, 0) is 0 Å². The molecule has 0 fully saturated rings. The lowest BCUT2D eigenvalue weighted by Gasteiger charge is -2.01. The third-order valence-corrected chi connectivity index (χ3v) is 0.899. The van der Waals surface area contributed by atoms with E-state index in [-0.39, 0.29) is 0 Å². The van der Waals surface area contributed by atoms with Crippen molar-refractivity contribution >= 4 is 6.01 Å². The standard InChI is InChI=1S/C5H9N3O/c1-4-6-5(8(2)3)9-7-4/h1-3H3. The lowest BCUT2D eigenvalue weighted by atomic mass is 10.7. The Labute approximate surface area is 53.5 Å². The third-order valence-electron chi connectivity index (χ3n) is 0.899. The van der Waals surface area contributed by atoms with Crippen molar-refractivity contribution in [2.45, 2.75) is 6.92 Å². The van der Waals surface area contributed by atoms with Gasteiger partial charge in [0, 0.05) is 14.1 Å². The molecule has 0 saturated heterocycles. The van der Waals surface area contributed by atoms with E-state index in [9.17, 15) is 0 Å². The summed E-state index contributed by atoms with van der Waals surface area (Å²) in [4.78, 5) is 5.72. The Morgan fingerprint density at radius 2 is 2.11 bits per heavy atom. The smallest absolute Gasteiger partial charge is 0.323 e. The molecule has 0 bridgehead atoms. The molecule has 9 heavy (non-hydrogen) atoms. The van der Waals surface area contributed by atoms with Gasteiger partial charge in [-0.3, -0.25) is 0 Å². The van der Waals surface area contributed by atoms with Gasteiger partial charge >= 0.3 is 6.01 Å². The molecular formula is C5H9N3O. The molecule has 0 N–H and O–H groups in total. The maximum atomic E-state index is 4.79. The molecule has 1 aromatic rings. The topological polar surface area (TPSA) is 42.2 Å². The van der Waals surface area contributed by atoms with Crippen LogP contribution in [0.3, 0.4) is 0 Å². The van der Waals surface area contributed by atoms with E-state index in [1.54, 1.807) is 11.8 Å². The van der Waals surface area contributed by atoms with Crippen LogP contribution in [0.5, 0.6) is 0 Å². The van der Waals surface area contributed by atoms with Crippen LogP contribution < -0.4 is 4.90 Å². The average Bonchev–Trinajstić information content (AvgIpc) is 2.14. The Hall–Kier alpha value is -1.06. The highest BCUT2D eigenvalue weighted by molar-refractivity contribution is 5.19. The largest absolute Gasteiger partial charge is 0.331 e. The zero-order valence-electron chi connectivity index (χ0n) is 5.75. The Morgan fingerprint density at radius 3 is 2.33 bits per heavy atom. The quantitative estimate of drug-likeness (QED) is 0.549. The molecule has 0 atom stereocenters. The van der Waals surface area contributed by atoms with Gasteiger partial charge in [-0.05, 0) is 6.92 Å². The van der Waals surface area contributed by atoms with Crippen molar-refractivity contribution < 1.29 is 4.52 Å². The highest BCUT2D eigenvalue weighted by Gasteiger charge is 2.01. The lowest BCUT2D eigenvalue weighted by Crippen LogP contribution is -2.08. The van der Waals surface area contributed by atoms with E-state index in [4.69, 9.17) is 4.52 Å². The molecular weight excluding hydrogens is 118 g/mol. The van der Waals surface area contributed by atoms with Crippen molar-refractivity contribution in [1.82, 2.24) is 10.1 Å². The van der Waals surface area contributed by atoms with Crippen molar-refractivity contribution in [3.63, 3.8) is 0 Å². The van der Waals surface area contributed by atoms with E-state index in [0.29, 0.717) is 11.8 Å². The fourth-order valence-corrected chi connectivity index (χ4v) is 0.468. The molecule has 0 aliphatic carbocycles. The van der Waals surface area contributed by atoms with Crippen LogP contribution in [0.4, 0.5) is 6.01 Å². The van der Waals surface area contributed by atoms with Gasteiger partial charge in [-0.2, -0.15) is 4.98 Å². The number of hydrogen-bond donors (Lipinski definition) is 0. The highest BCUT2D eigenvalue weighted by Crippen LogP contribution is 2.04. The van der Waals surface area contributed by atoms with Gasteiger partial charge < -0.3 is 9.42 Å². The number of anilines is 1. The van der Waals surface area contributed by atoms with Gasteiger partial charge in [0.2, 0.25) is 0 Å². The highest BCUT2D eigenvalue weighted by atomic mass is 16.5. The maximum Gasteiger partial charge on any atom is 0.323 e. The fraction of sp³-hybridized carbons (Fsp3) is 0.600. The summed E-state index contributed by atoms with van der Waals surface area (Å²) in [6.07, 6.45) is 0. The molecule has 0 saturated carbocycles. The molecule has 0 aliphatic heterocycles. The normalized spacial score (nSPS) is 9.67. The van der Waals surface area contributed by atoms with Gasteiger partial charge in [0.05, 0.1) is 0 Å². The van der Waals surface area contributed by atoms with Crippen molar-refractivity contribution in [2.75, 3.05) is 19.0 Å². The Kier molecular flexibility index (Phi) is 1.38. The summed E-state index contributed by atoms with van der Waals surface area (Å²) in [7, 11) is 3.71. The minimum absolute atomic E-state index is 0.549. The van der Waals surface area contributed by atoms with Crippen molar-refractivity contribution in [1.29, 1.82) is 0 Å². The second-order valence-electron chi connectivity index (χ2n) is 2.02. The van der Waals surface area contributed by atoms with E-state index in [1.165, 1.54) is 0 Å². The predicted octanol–water partition coefficient (Wildman–Crippen LogP) is 0.444. The zero-order chi connectivity index (χ0) is 6.85. The van der Waals surface area contributed by atoms with E-state index in [0.717, 1.165) is 0 Å². The molecule has 50 valence electrons. The summed E-state index contributed by atoms with van der Waals surface area (Å²) >= 11 is 0. The molecule has 4 nitrogen and oxygen atoms in total. The summed E-state index contributed by atoms with van der Waals surface area (Å²) in [5.74, 6) is 0.665. The van der Waals surface area contributed by atoms with Gasteiger partial charge in [-0.1, -0.05) is 5.16 Å². The van der Waals surface area contributed by atoms with Crippen molar-refractivity contribution in [2.24, 2.45) is 0 Å².